The van der Waals surface area contributed by atoms with E-state index in [0.29, 0.717) is 5.56 Å². The van der Waals surface area contributed by atoms with Crippen LogP contribution >= 0.6 is 11.3 Å². The minimum absolute atomic E-state index is 0.684. The van der Waals surface area contributed by atoms with Gasteiger partial charge in [-0.3, -0.25) is 9.97 Å². The normalized spacial score (nSPS) is 10.1. The molecule has 0 aliphatic carbocycles. The van der Waals surface area contributed by atoms with E-state index in [1.807, 2.05) is 31.2 Å². The predicted octanol–water partition coefficient (Wildman–Crippen LogP) is 4.13. The van der Waals surface area contributed by atoms with Crippen LogP contribution in [0.5, 0.6) is 0 Å². The molecule has 0 spiro atoms. The molecule has 0 bridgehead atoms. The summed E-state index contributed by atoms with van der Waals surface area (Å²) in [6.45, 7) is 1.97. The molecule has 0 saturated heterocycles. The molecule has 0 radical (unpaired) electrons. The second-order valence-corrected chi connectivity index (χ2v) is 5.49. The zero-order valence-corrected chi connectivity index (χ0v) is 12.2. The van der Waals surface area contributed by atoms with Gasteiger partial charge in [-0.1, -0.05) is 0 Å². The lowest BCUT2D eigenvalue weighted by Gasteiger charge is -2.02. The van der Waals surface area contributed by atoms with Crippen molar-refractivity contribution in [2.24, 2.45) is 0 Å². The first kappa shape index (κ1) is 13.3. The van der Waals surface area contributed by atoms with E-state index in [2.05, 4.69) is 21.4 Å². The SMILES string of the molecule is Cc1c(-c2ccncc2)sc(Nc2ccncc2)c1C#N. The maximum Gasteiger partial charge on any atom is 0.112 e. The molecule has 0 unspecified atom stereocenters. The summed E-state index contributed by atoms with van der Waals surface area (Å²) < 4.78 is 0. The molecule has 0 aliphatic heterocycles. The van der Waals surface area contributed by atoms with Crippen molar-refractivity contribution >= 4 is 22.0 Å². The van der Waals surface area contributed by atoms with Gasteiger partial charge in [-0.05, 0) is 42.3 Å². The second-order valence-electron chi connectivity index (χ2n) is 4.47. The van der Waals surface area contributed by atoms with Crippen molar-refractivity contribution in [3.8, 4) is 16.5 Å². The molecule has 0 fully saturated rings. The molecule has 0 amide bonds. The standard InChI is InChI=1S/C16H12N4S/c1-11-14(10-17)16(20-13-4-8-19-9-5-13)21-15(11)12-2-6-18-7-3-12/h2-9H,1H3,(H,19,20). The average molecular weight is 292 g/mol. The first-order chi connectivity index (χ1) is 10.3. The van der Waals surface area contributed by atoms with Crippen molar-refractivity contribution in [2.75, 3.05) is 5.32 Å². The van der Waals surface area contributed by atoms with E-state index >= 15 is 0 Å². The van der Waals surface area contributed by atoms with E-state index < -0.39 is 0 Å². The van der Waals surface area contributed by atoms with E-state index in [9.17, 15) is 5.26 Å². The third-order valence-corrected chi connectivity index (χ3v) is 4.40. The summed E-state index contributed by atoms with van der Waals surface area (Å²) in [5, 5.41) is 13.6. The number of nitrogens with one attached hydrogen (secondary N) is 1. The Hall–Kier alpha value is -2.71. The number of rotatable bonds is 3. The molecule has 21 heavy (non-hydrogen) atoms. The Morgan fingerprint density at radius 1 is 1.05 bits per heavy atom. The lowest BCUT2D eigenvalue weighted by molar-refractivity contribution is 1.32. The van der Waals surface area contributed by atoms with Crippen molar-refractivity contribution in [1.82, 2.24) is 9.97 Å². The van der Waals surface area contributed by atoms with Gasteiger partial charge in [0.2, 0.25) is 0 Å². The van der Waals surface area contributed by atoms with Crippen molar-refractivity contribution in [3.05, 3.63) is 60.2 Å². The number of nitriles is 1. The summed E-state index contributed by atoms with van der Waals surface area (Å²) in [4.78, 5) is 9.11. The van der Waals surface area contributed by atoms with Crippen LogP contribution in [0.3, 0.4) is 0 Å². The van der Waals surface area contributed by atoms with Crippen LogP contribution in [-0.4, -0.2) is 9.97 Å². The minimum atomic E-state index is 0.684. The number of hydrogen-bond acceptors (Lipinski definition) is 5. The van der Waals surface area contributed by atoms with Crippen LogP contribution in [0.25, 0.3) is 10.4 Å². The smallest absolute Gasteiger partial charge is 0.112 e. The molecule has 0 aromatic carbocycles. The van der Waals surface area contributed by atoms with Crippen LogP contribution in [0.4, 0.5) is 10.7 Å². The summed E-state index contributed by atoms with van der Waals surface area (Å²) in [6, 6.07) is 9.95. The Morgan fingerprint density at radius 2 is 1.67 bits per heavy atom. The van der Waals surface area contributed by atoms with Crippen LogP contribution in [0, 0.1) is 18.3 Å². The van der Waals surface area contributed by atoms with Crippen molar-refractivity contribution in [3.63, 3.8) is 0 Å². The molecule has 0 aliphatic rings. The van der Waals surface area contributed by atoms with Crippen molar-refractivity contribution in [2.45, 2.75) is 6.92 Å². The molecular weight excluding hydrogens is 280 g/mol. The number of anilines is 2. The third kappa shape index (κ3) is 2.62. The third-order valence-electron chi connectivity index (χ3n) is 3.14. The van der Waals surface area contributed by atoms with Gasteiger partial charge in [0.05, 0.1) is 5.56 Å². The van der Waals surface area contributed by atoms with E-state index in [-0.39, 0.29) is 0 Å². The van der Waals surface area contributed by atoms with Crippen LogP contribution < -0.4 is 5.32 Å². The van der Waals surface area contributed by atoms with Crippen molar-refractivity contribution in [1.29, 1.82) is 5.26 Å². The Balaban J connectivity index is 2.04. The number of thiophene rings is 1. The van der Waals surface area contributed by atoms with Crippen molar-refractivity contribution < 1.29 is 0 Å². The number of aromatic nitrogens is 2. The molecule has 3 heterocycles. The van der Waals surface area contributed by atoms with Gasteiger partial charge in [0.15, 0.2) is 0 Å². The molecule has 3 aromatic heterocycles. The molecular formula is C16H12N4S. The minimum Gasteiger partial charge on any atom is -0.346 e. The lowest BCUT2D eigenvalue weighted by Crippen LogP contribution is -1.90. The summed E-state index contributed by atoms with van der Waals surface area (Å²) in [5.41, 5.74) is 3.67. The summed E-state index contributed by atoms with van der Waals surface area (Å²) in [6.07, 6.45) is 6.96. The molecule has 102 valence electrons. The first-order valence-electron chi connectivity index (χ1n) is 6.40. The van der Waals surface area contributed by atoms with Gasteiger partial charge in [-0.25, -0.2) is 0 Å². The monoisotopic (exact) mass is 292 g/mol. The Morgan fingerprint density at radius 3 is 2.29 bits per heavy atom. The van der Waals surface area contributed by atoms with Gasteiger partial charge < -0.3 is 5.32 Å². The number of nitrogens with zero attached hydrogens (tertiary/aromatic N) is 3. The maximum atomic E-state index is 9.43. The average Bonchev–Trinajstić information content (AvgIpc) is 2.85. The van der Waals surface area contributed by atoms with Gasteiger partial charge in [-0.2, -0.15) is 5.26 Å². The summed E-state index contributed by atoms with van der Waals surface area (Å²) in [5.74, 6) is 0. The maximum absolute atomic E-state index is 9.43. The fourth-order valence-electron chi connectivity index (χ4n) is 2.08. The highest BCUT2D eigenvalue weighted by molar-refractivity contribution is 7.20. The van der Waals surface area contributed by atoms with E-state index in [1.165, 1.54) is 0 Å². The highest BCUT2D eigenvalue weighted by Crippen LogP contribution is 2.40. The Bertz CT molecular complexity index is 788. The highest BCUT2D eigenvalue weighted by Gasteiger charge is 2.16. The fourth-order valence-corrected chi connectivity index (χ4v) is 3.26. The highest BCUT2D eigenvalue weighted by atomic mass is 32.1. The second kappa shape index (κ2) is 5.73. The lowest BCUT2D eigenvalue weighted by atomic mass is 10.1. The molecule has 4 nitrogen and oxygen atoms in total. The molecule has 5 heteroatoms. The summed E-state index contributed by atoms with van der Waals surface area (Å²) in [7, 11) is 0. The zero-order valence-electron chi connectivity index (χ0n) is 11.4. The number of pyridine rings is 2. The molecule has 3 aromatic rings. The molecule has 1 N–H and O–H groups in total. The summed E-state index contributed by atoms with van der Waals surface area (Å²) >= 11 is 1.58. The quantitative estimate of drug-likeness (QED) is 0.788. The van der Waals surface area contributed by atoms with Crippen LogP contribution in [-0.2, 0) is 0 Å². The Kier molecular flexibility index (Phi) is 3.63. The first-order valence-corrected chi connectivity index (χ1v) is 7.22. The predicted molar refractivity (Wildman–Crippen MR) is 84.5 cm³/mol. The van der Waals surface area contributed by atoms with E-state index in [1.54, 1.807) is 36.1 Å². The molecule has 0 atom stereocenters. The number of hydrogen-bond donors (Lipinski definition) is 1. The van der Waals surface area contributed by atoms with E-state index in [4.69, 9.17) is 0 Å². The molecule has 0 saturated carbocycles. The van der Waals surface area contributed by atoms with Crippen LogP contribution in [0.1, 0.15) is 11.1 Å². The fraction of sp³-hybridized carbons (Fsp3) is 0.0625. The van der Waals surface area contributed by atoms with Gasteiger partial charge in [-0.15, -0.1) is 11.3 Å². The largest absolute Gasteiger partial charge is 0.346 e. The topological polar surface area (TPSA) is 61.6 Å². The van der Waals surface area contributed by atoms with Gasteiger partial charge in [0.1, 0.15) is 11.1 Å². The van der Waals surface area contributed by atoms with Gasteiger partial charge in [0, 0.05) is 35.4 Å². The van der Waals surface area contributed by atoms with Gasteiger partial charge in [0.25, 0.3) is 0 Å². The Labute approximate surface area is 126 Å². The zero-order chi connectivity index (χ0) is 14.7. The van der Waals surface area contributed by atoms with Gasteiger partial charge >= 0.3 is 0 Å². The van der Waals surface area contributed by atoms with Crippen LogP contribution in [0.2, 0.25) is 0 Å². The van der Waals surface area contributed by atoms with Crippen LogP contribution in [0.15, 0.2) is 49.1 Å². The molecule has 3 rings (SSSR count). The van der Waals surface area contributed by atoms with E-state index in [0.717, 1.165) is 26.7 Å².